The lowest BCUT2D eigenvalue weighted by Crippen LogP contribution is -2.27. The normalized spacial score (nSPS) is 12.6. The average Bonchev–Trinajstić information content (AvgIpc) is 3.55. The molecule has 0 bridgehead atoms. The van der Waals surface area contributed by atoms with Gasteiger partial charge in [-0.2, -0.15) is 0 Å². The quantitative estimate of drug-likeness (QED) is 0.0446. The van der Waals surface area contributed by atoms with Crippen molar-refractivity contribution in [2.45, 2.75) is 141 Å². The number of carboxylic acids is 1. The van der Waals surface area contributed by atoms with Crippen molar-refractivity contribution in [3.05, 3.63) is 59.7 Å². The van der Waals surface area contributed by atoms with E-state index in [2.05, 4.69) is 34.9 Å². The Labute approximate surface area is 369 Å². The molecule has 62 heavy (non-hydrogen) atoms. The van der Waals surface area contributed by atoms with E-state index in [0.717, 1.165) is 57.8 Å². The van der Waals surface area contributed by atoms with Crippen molar-refractivity contribution in [1.82, 2.24) is 10.6 Å². The Kier molecular flexibility index (Phi) is 25.7. The van der Waals surface area contributed by atoms with Crippen LogP contribution in [-0.2, 0) is 42.9 Å². The standard InChI is InChI=1S/C49H74N2O11/c1-49(2,3)62-46(54)25-13-11-9-7-5-4-6-8-10-12-20-39(52)36-38(47(55)56)26-27-45(53)50-28-18-30-58-32-34-60-35-33-59-31-19-29-51-48(57)61-37-44-42-23-16-14-21-40(42)41-22-15-17-24-43(41)44/h14-17,21-24,38,44H,4-13,18-20,25-37H2,1-3H3,(H,50,53)(H,51,57)(H,55,56)/t38-/m1/s1. The summed E-state index contributed by atoms with van der Waals surface area (Å²) in [6.07, 6.45) is 12.2. The van der Waals surface area contributed by atoms with Gasteiger partial charge in [0.05, 0.1) is 32.3 Å². The third-order valence-electron chi connectivity index (χ3n) is 10.7. The molecule has 0 radical (unpaired) electrons. The van der Waals surface area contributed by atoms with Crippen LogP contribution in [0.1, 0.15) is 147 Å². The first kappa shape index (κ1) is 52.0. The number of hydrogen-bond donors (Lipinski definition) is 3. The smallest absolute Gasteiger partial charge is 0.407 e. The molecule has 1 aliphatic carbocycles. The lowest BCUT2D eigenvalue weighted by Gasteiger charge is -2.19. The molecule has 346 valence electrons. The molecule has 0 saturated carbocycles. The van der Waals surface area contributed by atoms with Crippen LogP contribution in [0.2, 0.25) is 0 Å². The number of carbonyl (C=O) groups excluding carboxylic acids is 4. The number of ether oxygens (including phenoxy) is 5. The van der Waals surface area contributed by atoms with Gasteiger partial charge in [-0.15, -0.1) is 0 Å². The first-order chi connectivity index (χ1) is 29.9. The van der Waals surface area contributed by atoms with E-state index in [1.54, 1.807) is 0 Å². The van der Waals surface area contributed by atoms with Gasteiger partial charge in [0.1, 0.15) is 18.0 Å². The highest BCUT2D eigenvalue weighted by Crippen LogP contribution is 2.44. The van der Waals surface area contributed by atoms with Gasteiger partial charge < -0.3 is 39.4 Å². The molecule has 0 aromatic heterocycles. The second kappa shape index (κ2) is 30.7. The highest BCUT2D eigenvalue weighted by molar-refractivity contribution is 5.84. The SMILES string of the molecule is CC(C)(C)OC(=O)CCCCCCCCCCCCC(=O)C[C@@H](CCC(=O)NCCCOCCOCCOCCCNC(=O)OCC1c2ccccc2-c2ccccc21)C(=O)O. The summed E-state index contributed by atoms with van der Waals surface area (Å²) < 4.78 is 27.6. The summed E-state index contributed by atoms with van der Waals surface area (Å²) in [4.78, 5) is 60.6. The number of Topliss-reactive ketones (excluding diaryl/α,β-unsaturated/α-hetero) is 1. The number of esters is 1. The number of benzene rings is 2. The van der Waals surface area contributed by atoms with Gasteiger partial charge in [0, 0.05) is 57.9 Å². The number of unbranched alkanes of at least 4 members (excludes halogenated alkanes) is 9. The van der Waals surface area contributed by atoms with Gasteiger partial charge in [0.25, 0.3) is 0 Å². The number of amides is 2. The second-order valence-electron chi connectivity index (χ2n) is 17.1. The van der Waals surface area contributed by atoms with E-state index in [1.165, 1.54) is 28.7 Å². The highest BCUT2D eigenvalue weighted by atomic mass is 16.6. The summed E-state index contributed by atoms with van der Waals surface area (Å²) in [5, 5.41) is 15.2. The fraction of sp³-hybridized carbons (Fsp3) is 0.653. The van der Waals surface area contributed by atoms with Crippen LogP contribution >= 0.6 is 0 Å². The Morgan fingerprint density at radius 1 is 0.613 bits per heavy atom. The maximum absolute atomic E-state index is 12.5. The number of fused-ring (bicyclic) bond motifs is 3. The van der Waals surface area contributed by atoms with Gasteiger partial charge in [-0.25, -0.2) is 4.79 Å². The van der Waals surface area contributed by atoms with Crippen LogP contribution in [-0.4, -0.2) is 99.8 Å². The van der Waals surface area contributed by atoms with Crippen molar-refractivity contribution in [3.63, 3.8) is 0 Å². The summed E-state index contributed by atoms with van der Waals surface area (Å²) in [5.41, 5.74) is 4.31. The number of ketones is 1. The number of carboxylic acid groups (broad SMARTS) is 1. The van der Waals surface area contributed by atoms with Crippen LogP contribution in [0.15, 0.2) is 48.5 Å². The van der Waals surface area contributed by atoms with E-state index in [4.69, 9.17) is 23.7 Å². The van der Waals surface area contributed by atoms with Crippen LogP contribution < -0.4 is 10.6 Å². The van der Waals surface area contributed by atoms with E-state index in [1.807, 2.05) is 45.0 Å². The minimum atomic E-state index is -1.04. The number of nitrogens with one attached hydrogen (secondary N) is 2. The predicted molar refractivity (Wildman–Crippen MR) is 239 cm³/mol. The molecule has 0 heterocycles. The van der Waals surface area contributed by atoms with Gasteiger partial charge in [0.15, 0.2) is 0 Å². The van der Waals surface area contributed by atoms with E-state index in [0.29, 0.717) is 78.4 Å². The zero-order valence-corrected chi connectivity index (χ0v) is 37.7. The van der Waals surface area contributed by atoms with Crippen LogP contribution in [0.4, 0.5) is 4.79 Å². The van der Waals surface area contributed by atoms with Gasteiger partial charge in [0.2, 0.25) is 5.91 Å². The molecule has 0 unspecified atom stereocenters. The molecular weight excluding hydrogens is 793 g/mol. The molecule has 0 spiro atoms. The summed E-state index contributed by atoms with van der Waals surface area (Å²) in [6.45, 7) is 9.39. The number of alkyl carbamates (subject to hydrolysis) is 1. The van der Waals surface area contributed by atoms with Crippen molar-refractivity contribution in [3.8, 4) is 11.1 Å². The predicted octanol–water partition coefficient (Wildman–Crippen LogP) is 8.93. The van der Waals surface area contributed by atoms with Crippen LogP contribution in [0.3, 0.4) is 0 Å². The van der Waals surface area contributed by atoms with E-state index in [-0.39, 0.29) is 49.4 Å². The fourth-order valence-corrected chi connectivity index (χ4v) is 7.44. The minimum absolute atomic E-state index is 0.0266. The Balaban J connectivity index is 1.05. The molecule has 13 heteroatoms. The molecule has 1 atom stereocenters. The van der Waals surface area contributed by atoms with E-state index < -0.39 is 23.6 Å². The lowest BCUT2D eigenvalue weighted by atomic mass is 9.94. The zero-order valence-electron chi connectivity index (χ0n) is 37.7. The average molecular weight is 867 g/mol. The molecule has 13 nitrogen and oxygen atoms in total. The second-order valence-corrected chi connectivity index (χ2v) is 17.1. The summed E-state index contributed by atoms with van der Waals surface area (Å²) in [5.74, 6) is -2.29. The van der Waals surface area contributed by atoms with Crippen molar-refractivity contribution in [1.29, 1.82) is 0 Å². The Morgan fingerprint density at radius 2 is 1.10 bits per heavy atom. The maximum Gasteiger partial charge on any atom is 0.407 e. The molecule has 1 aliphatic rings. The number of rotatable bonds is 35. The summed E-state index contributed by atoms with van der Waals surface area (Å²) in [7, 11) is 0. The Hall–Kier alpha value is -4.33. The molecule has 0 aliphatic heterocycles. The van der Waals surface area contributed by atoms with Crippen molar-refractivity contribution in [2.75, 3.05) is 59.3 Å². The summed E-state index contributed by atoms with van der Waals surface area (Å²) in [6, 6.07) is 16.5. The third kappa shape index (κ3) is 22.7. The molecule has 3 N–H and O–H groups in total. The highest BCUT2D eigenvalue weighted by Gasteiger charge is 2.29. The van der Waals surface area contributed by atoms with Crippen molar-refractivity contribution >= 4 is 29.7 Å². The first-order valence-corrected chi connectivity index (χ1v) is 23.0. The molecule has 3 rings (SSSR count). The molecule has 2 aromatic carbocycles. The van der Waals surface area contributed by atoms with Gasteiger partial charge in [-0.05, 0) is 75.1 Å². The fourth-order valence-electron chi connectivity index (χ4n) is 7.44. The topological polar surface area (TPSA) is 176 Å². The monoisotopic (exact) mass is 867 g/mol. The molecule has 2 amide bonds. The molecular formula is C49H74N2O11. The van der Waals surface area contributed by atoms with Gasteiger partial charge in [-0.3, -0.25) is 19.2 Å². The number of aliphatic carboxylic acids is 1. The minimum Gasteiger partial charge on any atom is -0.481 e. The number of carbonyl (C=O) groups is 5. The van der Waals surface area contributed by atoms with Gasteiger partial charge in [-0.1, -0.05) is 99.9 Å². The molecule has 0 saturated heterocycles. The molecule has 2 aromatic rings. The summed E-state index contributed by atoms with van der Waals surface area (Å²) >= 11 is 0. The van der Waals surface area contributed by atoms with Crippen LogP contribution in [0, 0.1) is 5.92 Å². The lowest BCUT2D eigenvalue weighted by molar-refractivity contribution is -0.155. The van der Waals surface area contributed by atoms with Crippen molar-refractivity contribution < 1.29 is 52.8 Å². The zero-order chi connectivity index (χ0) is 44.8. The maximum atomic E-state index is 12.5. The largest absolute Gasteiger partial charge is 0.481 e. The molecule has 0 fully saturated rings. The van der Waals surface area contributed by atoms with Crippen LogP contribution in [0.25, 0.3) is 11.1 Å². The van der Waals surface area contributed by atoms with Crippen LogP contribution in [0.5, 0.6) is 0 Å². The van der Waals surface area contributed by atoms with Gasteiger partial charge >= 0.3 is 18.0 Å². The first-order valence-electron chi connectivity index (χ1n) is 23.0. The third-order valence-corrected chi connectivity index (χ3v) is 10.7. The Bertz CT molecular complexity index is 1580. The van der Waals surface area contributed by atoms with E-state index in [9.17, 15) is 29.1 Å². The Morgan fingerprint density at radius 3 is 1.63 bits per heavy atom. The number of hydrogen-bond acceptors (Lipinski definition) is 10. The van der Waals surface area contributed by atoms with Crippen molar-refractivity contribution in [2.24, 2.45) is 5.92 Å². The van der Waals surface area contributed by atoms with E-state index >= 15 is 0 Å².